The van der Waals surface area contributed by atoms with E-state index in [1.54, 1.807) is 0 Å². The molecule has 0 saturated carbocycles. The fourth-order valence-corrected chi connectivity index (χ4v) is 2.36. The van der Waals surface area contributed by atoms with E-state index in [1.807, 2.05) is 0 Å². The van der Waals surface area contributed by atoms with E-state index in [2.05, 4.69) is 5.32 Å². The minimum Gasteiger partial charge on any atom is -0.350 e. The fourth-order valence-electron chi connectivity index (χ4n) is 1.80. The Balaban J connectivity index is 2.81. The van der Waals surface area contributed by atoms with Crippen molar-refractivity contribution in [1.82, 2.24) is 5.32 Å². The topological polar surface area (TPSA) is 63.2 Å². The summed E-state index contributed by atoms with van der Waals surface area (Å²) in [5, 5.41) is 2.38. The van der Waals surface area contributed by atoms with Gasteiger partial charge in [0.05, 0.1) is 17.4 Å². The van der Waals surface area contributed by atoms with Crippen molar-refractivity contribution in [3.63, 3.8) is 0 Å². The molecule has 0 fully saturated rings. The Morgan fingerprint density at radius 1 is 1.29 bits per heavy atom. The molecule has 1 N–H and O–H groups in total. The molecular weight excluding hydrogens is 307 g/mol. The molecule has 21 heavy (non-hydrogen) atoms. The molecule has 0 saturated heterocycles. The first-order valence-corrected chi connectivity index (χ1v) is 8.20. The number of nitrogens with one attached hydrogen (secondary N) is 1. The minimum atomic E-state index is -4.51. The van der Waals surface area contributed by atoms with Gasteiger partial charge in [0.15, 0.2) is 0 Å². The third-order valence-electron chi connectivity index (χ3n) is 2.81. The molecule has 0 spiro atoms. The van der Waals surface area contributed by atoms with E-state index in [4.69, 9.17) is 0 Å². The van der Waals surface area contributed by atoms with Crippen molar-refractivity contribution >= 4 is 15.7 Å². The highest BCUT2D eigenvalue weighted by atomic mass is 32.2. The molecule has 8 heteroatoms. The number of sulfone groups is 1. The van der Waals surface area contributed by atoms with Crippen LogP contribution in [0.3, 0.4) is 0 Å². The van der Waals surface area contributed by atoms with Gasteiger partial charge in [-0.3, -0.25) is 4.79 Å². The number of hydrogen-bond acceptors (Lipinski definition) is 3. The molecule has 0 aromatic heterocycles. The largest absolute Gasteiger partial charge is 0.416 e. The van der Waals surface area contributed by atoms with Crippen LogP contribution in [0.5, 0.6) is 0 Å². The molecule has 0 heterocycles. The van der Waals surface area contributed by atoms with Gasteiger partial charge >= 0.3 is 6.18 Å². The van der Waals surface area contributed by atoms with E-state index < -0.39 is 33.5 Å². The number of amides is 1. The maximum absolute atomic E-state index is 12.9. The first kappa shape index (κ1) is 17.5. The van der Waals surface area contributed by atoms with Crippen LogP contribution in [0.1, 0.15) is 30.5 Å². The van der Waals surface area contributed by atoms with Crippen molar-refractivity contribution in [3.05, 3.63) is 35.4 Å². The zero-order chi connectivity index (χ0) is 16.3. The monoisotopic (exact) mass is 323 g/mol. The number of hydrogen-bond donors (Lipinski definition) is 1. The van der Waals surface area contributed by atoms with E-state index in [9.17, 15) is 26.4 Å². The molecule has 118 valence electrons. The maximum atomic E-state index is 12.9. The molecule has 0 aliphatic heterocycles. The smallest absolute Gasteiger partial charge is 0.350 e. The normalized spacial score (nSPS) is 13.8. The summed E-state index contributed by atoms with van der Waals surface area (Å²) in [7, 11) is -3.29. The van der Waals surface area contributed by atoms with Crippen molar-refractivity contribution in [3.8, 4) is 0 Å². The standard InChI is InChI=1S/C13H16F3NO3S/c1-9(17-12(18)7-8-21(2,19)20)10-5-3-4-6-11(10)13(14,15)16/h3-6,9H,7-8H2,1-2H3,(H,17,18). The number of alkyl halides is 3. The minimum absolute atomic E-state index is 0.0577. The Morgan fingerprint density at radius 2 is 1.86 bits per heavy atom. The predicted octanol–water partition coefficient (Wildman–Crippen LogP) is 2.32. The first-order valence-electron chi connectivity index (χ1n) is 6.14. The summed E-state index contributed by atoms with van der Waals surface area (Å²) in [5.74, 6) is -0.947. The number of carbonyl (C=O) groups is 1. The number of benzene rings is 1. The lowest BCUT2D eigenvalue weighted by Crippen LogP contribution is -2.29. The van der Waals surface area contributed by atoms with Crippen LogP contribution in [0.15, 0.2) is 24.3 Å². The molecule has 0 radical (unpaired) electrons. The van der Waals surface area contributed by atoms with E-state index in [1.165, 1.54) is 25.1 Å². The van der Waals surface area contributed by atoms with Gasteiger partial charge in [-0.15, -0.1) is 0 Å². The molecule has 1 unspecified atom stereocenters. The maximum Gasteiger partial charge on any atom is 0.416 e. The second-order valence-electron chi connectivity index (χ2n) is 4.75. The van der Waals surface area contributed by atoms with Gasteiger partial charge in [-0.25, -0.2) is 8.42 Å². The lowest BCUT2D eigenvalue weighted by molar-refractivity contribution is -0.138. The van der Waals surface area contributed by atoms with Crippen LogP contribution in [0, 0.1) is 0 Å². The van der Waals surface area contributed by atoms with Crippen molar-refractivity contribution in [2.75, 3.05) is 12.0 Å². The molecule has 0 bridgehead atoms. The van der Waals surface area contributed by atoms with Crippen LogP contribution in [0.25, 0.3) is 0 Å². The molecule has 1 aromatic rings. The van der Waals surface area contributed by atoms with Gasteiger partial charge in [0.25, 0.3) is 0 Å². The molecule has 1 amide bonds. The second-order valence-corrected chi connectivity index (χ2v) is 7.01. The molecule has 1 rings (SSSR count). The van der Waals surface area contributed by atoms with Crippen molar-refractivity contribution < 1.29 is 26.4 Å². The van der Waals surface area contributed by atoms with Crippen molar-refractivity contribution in [1.29, 1.82) is 0 Å². The van der Waals surface area contributed by atoms with Gasteiger partial charge in [-0.1, -0.05) is 18.2 Å². The van der Waals surface area contributed by atoms with Crippen LogP contribution in [0.4, 0.5) is 13.2 Å². The van der Waals surface area contributed by atoms with Gasteiger partial charge in [0.2, 0.25) is 5.91 Å². The zero-order valence-corrected chi connectivity index (χ0v) is 12.4. The Labute approximate surface area is 121 Å². The quantitative estimate of drug-likeness (QED) is 0.904. The summed E-state index contributed by atoms with van der Waals surface area (Å²) >= 11 is 0. The highest BCUT2D eigenvalue weighted by Gasteiger charge is 2.34. The summed E-state index contributed by atoms with van der Waals surface area (Å²) < 4.78 is 60.5. The number of halogens is 3. The second kappa shape index (κ2) is 6.46. The summed E-state index contributed by atoms with van der Waals surface area (Å²) in [6.45, 7) is 1.42. The average Bonchev–Trinajstić information content (AvgIpc) is 2.34. The summed E-state index contributed by atoms with van der Waals surface area (Å²) in [4.78, 5) is 11.6. The lowest BCUT2D eigenvalue weighted by atomic mass is 10.0. The third-order valence-corrected chi connectivity index (χ3v) is 3.76. The van der Waals surface area contributed by atoms with Gasteiger partial charge in [0, 0.05) is 12.7 Å². The Morgan fingerprint density at radius 3 is 2.38 bits per heavy atom. The van der Waals surface area contributed by atoms with E-state index in [-0.39, 0.29) is 17.7 Å². The van der Waals surface area contributed by atoms with Crippen LogP contribution >= 0.6 is 0 Å². The van der Waals surface area contributed by atoms with E-state index in [0.717, 1.165) is 12.3 Å². The van der Waals surface area contributed by atoms with Crippen LogP contribution in [0.2, 0.25) is 0 Å². The Kier molecular flexibility index (Phi) is 5.38. The molecule has 0 aliphatic rings. The molecule has 1 atom stereocenters. The van der Waals surface area contributed by atoms with E-state index >= 15 is 0 Å². The zero-order valence-electron chi connectivity index (χ0n) is 11.6. The van der Waals surface area contributed by atoms with Gasteiger partial charge in [-0.05, 0) is 18.6 Å². The first-order chi connectivity index (χ1) is 9.50. The highest BCUT2D eigenvalue weighted by Crippen LogP contribution is 2.34. The van der Waals surface area contributed by atoms with Crippen LogP contribution in [-0.4, -0.2) is 26.3 Å². The number of carbonyl (C=O) groups excluding carboxylic acids is 1. The Hall–Kier alpha value is -1.57. The SMILES string of the molecule is CC(NC(=O)CCS(C)(=O)=O)c1ccccc1C(F)(F)F. The van der Waals surface area contributed by atoms with Crippen molar-refractivity contribution in [2.45, 2.75) is 25.6 Å². The van der Waals surface area contributed by atoms with Crippen LogP contribution in [-0.2, 0) is 20.8 Å². The Bertz CT molecular complexity index is 611. The molecule has 0 aliphatic carbocycles. The van der Waals surface area contributed by atoms with E-state index in [0.29, 0.717) is 0 Å². The summed E-state index contributed by atoms with van der Waals surface area (Å²) in [6.07, 6.45) is -3.80. The van der Waals surface area contributed by atoms with Crippen LogP contribution < -0.4 is 5.32 Å². The van der Waals surface area contributed by atoms with Gasteiger partial charge < -0.3 is 5.32 Å². The van der Waals surface area contributed by atoms with Crippen molar-refractivity contribution in [2.24, 2.45) is 0 Å². The average molecular weight is 323 g/mol. The fraction of sp³-hybridized carbons (Fsp3) is 0.462. The molecule has 1 aromatic carbocycles. The third kappa shape index (κ3) is 5.74. The summed E-state index contributed by atoms with van der Waals surface area (Å²) in [6, 6.07) is 4.07. The summed E-state index contributed by atoms with van der Waals surface area (Å²) in [5.41, 5.74) is -0.876. The molecular formula is C13H16F3NO3S. The highest BCUT2D eigenvalue weighted by molar-refractivity contribution is 7.90. The molecule has 4 nitrogen and oxygen atoms in total. The lowest BCUT2D eigenvalue weighted by Gasteiger charge is -2.19. The van der Waals surface area contributed by atoms with Gasteiger partial charge in [0.1, 0.15) is 9.84 Å². The number of rotatable bonds is 5. The predicted molar refractivity (Wildman–Crippen MR) is 72.3 cm³/mol. The van der Waals surface area contributed by atoms with Gasteiger partial charge in [-0.2, -0.15) is 13.2 Å².